The van der Waals surface area contributed by atoms with E-state index in [1.807, 2.05) is 41.4 Å². The van der Waals surface area contributed by atoms with Crippen LogP contribution in [0.15, 0.2) is 66.9 Å². The molecule has 0 radical (unpaired) electrons. The Morgan fingerprint density at radius 3 is 2.75 bits per heavy atom. The molecule has 2 amide bonds. The van der Waals surface area contributed by atoms with Crippen molar-refractivity contribution in [2.24, 2.45) is 0 Å². The van der Waals surface area contributed by atoms with Crippen molar-refractivity contribution in [2.75, 3.05) is 11.9 Å². The van der Waals surface area contributed by atoms with Crippen LogP contribution in [-0.4, -0.2) is 22.1 Å². The predicted octanol–water partition coefficient (Wildman–Crippen LogP) is 7.09. The van der Waals surface area contributed by atoms with Crippen molar-refractivity contribution in [2.45, 2.75) is 45.2 Å². The highest BCUT2D eigenvalue weighted by atomic mass is 32.1. The van der Waals surface area contributed by atoms with Crippen LogP contribution in [0.5, 0.6) is 5.75 Å². The van der Waals surface area contributed by atoms with Crippen LogP contribution >= 0.6 is 11.3 Å². The molecule has 0 bridgehead atoms. The van der Waals surface area contributed by atoms with Crippen LogP contribution in [-0.2, 0) is 19.4 Å². The smallest absolute Gasteiger partial charge is 0.322 e. The van der Waals surface area contributed by atoms with Gasteiger partial charge in [-0.1, -0.05) is 12.1 Å². The number of carbonyl (C=O) groups excluding carboxylic acids is 1. The van der Waals surface area contributed by atoms with E-state index in [-0.39, 0.29) is 17.9 Å². The maximum atomic E-state index is 13.9. The zero-order valence-electron chi connectivity index (χ0n) is 20.2. The number of nitrogens with one attached hydrogen (secondary N) is 1. The van der Waals surface area contributed by atoms with Crippen molar-refractivity contribution in [3.05, 3.63) is 99.9 Å². The molecule has 5 nitrogen and oxygen atoms in total. The number of thiophene rings is 1. The van der Waals surface area contributed by atoms with Gasteiger partial charge in [0, 0.05) is 22.3 Å². The summed E-state index contributed by atoms with van der Waals surface area (Å²) in [6, 6.07) is 17.5. The van der Waals surface area contributed by atoms with Crippen molar-refractivity contribution < 1.29 is 13.9 Å². The van der Waals surface area contributed by atoms with Crippen LogP contribution < -0.4 is 10.1 Å². The number of anilines is 1. The molecule has 1 aliphatic heterocycles. The molecule has 2 aromatic carbocycles. The van der Waals surface area contributed by atoms with Gasteiger partial charge in [0.05, 0.1) is 24.9 Å². The number of benzene rings is 2. The van der Waals surface area contributed by atoms with E-state index in [1.54, 1.807) is 12.1 Å². The largest absolute Gasteiger partial charge is 0.494 e. The summed E-state index contributed by atoms with van der Waals surface area (Å²) in [5.41, 5.74) is 5.24. The lowest BCUT2D eigenvalue weighted by molar-refractivity contribution is 0.194. The van der Waals surface area contributed by atoms with E-state index in [2.05, 4.69) is 34.3 Å². The number of hydrogen-bond donors (Lipinski definition) is 1. The molecule has 0 fully saturated rings. The minimum atomic E-state index is -0.333. The second-order valence-corrected chi connectivity index (χ2v) is 10.4. The van der Waals surface area contributed by atoms with Gasteiger partial charge in [0.25, 0.3) is 0 Å². The van der Waals surface area contributed by atoms with Crippen LogP contribution in [0.2, 0.25) is 0 Å². The Morgan fingerprint density at radius 1 is 1.08 bits per heavy atom. The fourth-order valence-corrected chi connectivity index (χ4v) is 6.81. The number of rotatable bonds is 4. The molecule has 0 saturated carbocycles. The number of urea groups is 1. The first-order valence-corrected chi connectivity index (χ1v) is 13.3. The van der Waals surface area contributed by atoms with Gasteiger partial charge in [0.2, 0.25) is 0 Å². The Kier molecular flexibility index (Phi) is 6.01. The number of carbonyl (C=O) groups is 1. The van der Waals surface area contributed by atoms with Gasteiger partial charge in [-0.25, -0.2) is 9.18 Å². The number of aromatic nitrogens is 1. The number of aryl methyl sites for hydroxylation is 1. The van der Waals surface area contributed by atoms with Gasteiger partial charge >= 0.3 is 6.03 Å². The number of nitrogens with zero attached hydrogens (tertiary/aromatic N) is 2. The number of halogens is 1. The monoisotopic (exact) mass is 501 g/mol. The van der Waals surface area contributed by atoms with Crippen LogP contribution in [0.3, 0.4) is 0 Å². The molecule has 36 heavy (non-hydrogen) atoms. The second kappa shape index (κ2) is 9.47. The summed E-state index contributed by atoms with van der Waals surface area (Å²) in [6.07, 6.45) is 6.65. The predicted molar refractivity (Wildman–Crippen MR) is 141 cm³/mol. The van der Waals surface area contributed by atoms with Crippen LogP contribution in [0.1, 0.15) is 53.1 Å². The van der Waals surface area contributed by atoms with Gasteiger partial charge in [-0.15, -0.1) is 11.3 Å². The molecule has 1 aliphatic carbocycles. The molecule has 7 heteroatoms. The summed E-state index contributed by atoms with van der Waals surface area (Å²) in [7, 11) is 0. The highest BCUT2D eigenvalue weighted by Crippen LogP contribution is 2.44. The average molecular weight is 502 g/mol. The lowest BCUT2D eigenvalue weighted by Crippen LogP contribution is -2.38. The van der Waals surface area contributed by atoms with E-state index in [4.69, 9.17) is 4.74 Å². The number of amides is 2. The SMILES string of the molecule is CCOc1cccc(C2c3cccn3-c3sc4c(c3CN2C(=O)Nc2ccc(F)cc2)CCCC4)c1. The van der Waals surface area contributed by atoms with E-state index in [0.29, 0.717) is 18.8 Å². The lowest BCUT2D eigenvalue weighted by Gasteiger charge is -2.31. The Bertz CT molecular complexity index is 1410. The van der Waals surface area contributed by atoms with Crippen molar-refractivity contribution in [1.29, 1.82) is 0 Å². The number of ether oxygens (including phenoxy) is 1. The average Bonchev–Trinajstić information content (AvgIpc) is 3.47. The third kappa shape index (κ3) is 4.07. The first-order valence-electron chi connectivity index (χ1n) is 12.5. The molecule has 2 aromatic heterocycles. The van der Waals surface area contributed by atoms with Crippen LogP contribution in [0.25, 0.3) is 5.00 Å². The van der Waals surface area contributed by atoms with Gasteiger partial charge in [-0.3, -0.25) is 0 Å². The van der Waals surface area contributed by atoms with Crippen LogP contribution in [0, 0.1) is 5.82 Å². The molecule has 2 aliphatic rings. The first kappa shape index (κ1) is 22.9. The lowest BCUT2D eigenvalue weighted by atomic mass is 9.95. The van der Waals surface area contributed by atoms with Gasteiger partial charge in [-0.05, 0) is 92.3 Å². The first-order chi connectivity index (χ1) is 17.6. The van der Waals surface area contributed by atoms with E-state index in [1.165, 1.54) is 46.0 Å². The normalized spacial score (nSPS) is 16.5. The summed E-state index contributed by atoms with van der Waals surface area (Å²) in [6.45, 7) is 3.04. The molecular formula is C29H28FN3O2S. The molecule has 3 heterocycles. The quantitative estimate of drug-likeness (QED) is 0.324. The van der Waals surface area contributed by atoms with E-state index in [0.717, 1.165) is 29.8 Å². The molecule has 0 saturated heterocycles. The molecule has 1 atom stereocenters. The minimum absolute atomic E-state index is 0.218. The van der Waals surface area contributed by atoms with Crippen molar-refractivity contribution in [1.82, 2.24) is 9.47 Å². The zero-order chi connectivity index (χ0) is 24.6. The summed E-state index contributed by atoms with van der Waals surface area (Å²) in [5.74, 6) is 0.448. The molecule has 6 rings (SSSR count). The summed E-state index contributed by atoms with van der Waals surface area (Å²) in [5, 5.41) is 4.23. The number of hydrogen-bond acceptors (Lipinski definition) is 3. The summed E-state index contributed by atoms with van der Waals surface area (Å²) >= 11 is 1.86. The third-order valence-electron chi connectivity index (χ3n) is 7.02. The molecule has 184 valence electrons. The van der Waals surface area contributed by atoms with Gasteiger partial charge in [0.15, 0.2) is 0 Å². The van der Waals surface area contributed by atoms with E-state index >= 15 is 0 Å². The highest BCUT2D eigenvalue weighted by Gasteiger charge is 2.36. The van der Waals surface area contributed by atoms with Crippen LogP contribution in [0.4, 0.5) is 14.9 Å². The highest BCUT2D eigenvalue weighted by molar-refractivity contribution is 7.15. The second-order valence-electron chi connectivity index (χ2n) is 9.27. The summed E-state index contributed by atoms with van der Waals surface area (Å²) < 4.78 is 21.6. The minimum Gasteiger partial charge on any atom is -0.494 e. The van der Waals surface area contributed by atoms with E-state index in [9.17, 15) is 9.18 Å². The Balaban J connectivity index is 1.48. The summed E-state index contributed by atoms with van der Waals surface area (Å²) in [4.78, 5) is 17.3. The van der Waals surface area contributed by atoms with Gasteiger partial charge in [0.1, 0.15) is 16.6 Å². The maximum Gasteiger partial charge on any atom is 0.322 e. The van der Waals surface area contributed by atoms with Crippen molar-refractivity contribution in [3.63, 3.8) is 0 Å². The third-order valence-corrected chi connectivity index (χ3v) is 8.35. The molecule has 1 N–H and O–H groups in total. The molecule has 0 spiro atoms. The Hall–Kier alpha value is -3.58. The molecule has 4 aromatic rings. The van der Waals surface area contributed by atoms with Gasteiger partial charge in [-0.2, -0.15) is 0 Å². The Morgan fingerprint density at radius 2 is 1.92 bits per heavy atom. The standard InChI is InChI=1S/C29H28FN3O2S/c1-2-35-22-8-5-7-19(17-22)27-25-10-6-16-32(25)28-24(23-9-3-4-11-26(23)36-28)18-33(27)29(34)31-21-14-12-20(30)13-15-21/h5-8,10,12-17,27H,2-4,9,11,18H2,1H3,(H,31,34). The topological polar surface area (TPSA) is 46.5 Å². The van der Waals surface area contributed by atoms with E-state index < -0.39 is 0 Å². The molecule has 1 unspecified atom stereocenters. The zero-order valence-corrected chi connectivity index (χ0v) is 21.0. The fourth-order valence-electron chi connectivity index (χ4n) is 5.41. The molecular weight excluding hydrogens is 473 g/mol. The number of fused-ring (bicyclic) bond motifs is 5. The fraction of sp³-hybridized carbons (Fsp3) is 0.276. The van der Waals surface area contributed by atoms with Gasteiger partial charge < -0.3 is 19.5 Å². The van der Waals surface area contributed by atoms with Crippen molar-refractivity contribution in [3.8, 4) is 10.8 Å². The maximum absolute atomic E-state index is 13.9. The van der Waals surface area contributed by atoms with Crippen molar-refractivity contribution >= 4 is 23.1 Å². The Labute approximate surface area is 214 Å².